The summed E-state index contributed by atoms with van der Waals surface area (Å²) in [5, 5.41) is 9.58. The van der Waals surface area contributed by atoms with Crippen LogP contribution in [0, 0.1) is 19.7 Å². The van der Waals surface area contributed by atoms with Crippen molar-refractivity contribution >= 4 is 17.5 Å². The summed E-state index contributed by atoms with van der Waals surface area (Å²) >= 11 is 0. The number of anilines is 1. The summed E-state index contributed by atoms with van der Waals surface area (Å²) < 4.78 is 24.1. The summed E-state index contributed by atoms with van der Waals surface area (Å²) in [6.07, 6.45) is 0. The fourth-order valence-corrected chi connectivity index (χ4v) is 3.48. The topological polar surface area (TPSA) is 93.5 Å². The standard InChI is InChI=1S/C27H24FN3O4/c1-17-24(18(2)35-31-17)16-34-25-9-4-3-8-23(25)27(33)29-15-19-6-5-7-22(14-19)30-26(32)20-10-12-21(28)13-11-20/h3-14H,15-16H2,1-2H3,(H,29,33)(H,30,32). The number of ether oxygens (including phenoxy) is 1. The van der Waals surface area contributed by atoms with Crippen molar-refractivity contribution in [3.8, 4) is 5.75 Å². The van der Waals surface area contributed by atoms with Crippen LogP contribution in [-0.2, 0) is 13.2 Å². The van der Waals surface area contributed by atoms with E-state index in [4.69, 9.17) is 9.26 Å². The first-order valence-corrected chi connectivity index (χ1v) is 11.0. The Labute approximate surface area is 201 Å². The molecule has 0 aliphatic carbocycles. The van der Waals surface area contributed by atoms with E-state index in [0.717, 1.165) is 16.8 Å². The number of halogens is 1. The number of aromatic nitrogens is 1. The first-order valence-electron chi connectivity index (χ1n) is 11.0. The molecule has 0 unspecified atom stereocenters. The normalized spacial score (nSPS) is 10.6. The zero-order valence-corrected chi connectivity index (χ0v) is 19.3. The zero-order valence-electron chi connectivity index (χ0n) is 19.3. The van der Waals surface area contributed by atoms with Crippen LogP contribution in [0.1, 0.15) is 43.3 Å². The summed E-state index contributed by atoms with van der Waals surface area (Å²) in [6, 6.07) is 19.4. The van der Waals surface area contributed by atoms with Crippen molar-refractivity contribution in [1.29, 1.82) is 0 Å². The van der Waals surface area contributed by atoms with Crippen molar-refractivity contribution in [3.63, 3.8) is 0 Å². The third-order valence-corrected chi connectivity index (χ3v) is 5.43. The van der Waals surface area contributed by atoms with Gasteiger partial charge in [-0.25, -0.2) is 4.39 Å². The highest BCUT2D eigenvalue weighted by Crippen LogP contribution is 2.22. The van der Waals surface area contributed by atoms with Gasteiger partial charge in [-0.3, -0.25) is 9.59 Å². The van der Waals surface area contributed by atoms with E-state index < -0.39 is 5.82 Å². The molecule has 0 saturated carbocycles. The van der Waals surface area contributed by atoms with Gasteiger partial charge in [0.05, 0.1) is 16.8 Å². The first kappa shape index (κ1) is 23.7. The van der Waals surface area contributed by atoms with Crippen molar-refractivity contribution in [3.05, 3.63) is 112 Å². The van der Waals surface area contributed by atoms with Gasteiger partial charge in [-0.05, 0) is 67.9 Å². The highest BCUT2D eigenvalue weighted by Gasteiger charge is 2.15. The number of amides is 2. The van der Waals surface area contributed by atoms with Crippen molar-refractivity contribution < 1.29 is 23.2 Å². The lowest BCUT2D eigenvalue weighted by Gasteiger charge is -2.12. The maximum Gasteiger partial charge on any atom is 0.255 e. The molecule has 0 spiro atoms. The number of para-hydroxylation sites is 1. The molecular formula is C27H24FN3O4. The monoisotopic (exact) mass is 473 g/mol. The van der Waals surface area contributed by atoms with E-state index in [0.29, 0.717) is 28.3 Å². The first-order chi connectivity index (χ1) is 16.9. The number of rotatable bonds is 8. The lowest BCUT2D eigenvalue weighted by molar-refractivity contribution is 0.0945. The number of hydrogen-bond acceptors (Lipinski definition) is 5. The fraction of sp³-hybridized carbons (Fsp3) is 0.148. The van der Waals surface area contributed by atoms with Crippen LogP contribution in [0.4, 0.5) is 10.1 Å². The van der Waals surface area contributed by atoms with Crippen LogP contribution in [-0.4, -0.2) is 17.0 Å². The Morgan fingerprint density at radius 1 is 0.971 bits per heavy atom. The minimum atomic E-state index is -0.407. The van der Waals surface area contributed by atoms with Gasteiger partial charge in [0, 0.05) is 17.8 Å². The molecule has 2 N–H and O–H groups in total. The number of carbonyl (C=O) groups is 2. The van der Waals surface area contributed by atoms with Gasteiger partial charge >= 0.3 is 0 Å². The summed E-state index contributed by atoms with van der Waals surface area (Å²) in [5.41, 5.74) is 3.70. The molecule has 178 valence electrons. The third kappa shape index (κ3) is 5.92. The van der Waals surface area contributed by atoms with Crippen LogP contribution >= 0.6 is 0 Å². The van der Waals surface area contributed by atoms with Crippen molar-refractivity contribution in [2.45, 2.75) is 27.0 Å². The molecular weight excluding hydrogens is 449 g/mol. The van der Waals surface area contributed by atoms with Crippen molar-refractivity contribution in [1.82, 2.24) is 10.5 Å². The Kier molecular flexibility index (Phi) is 7.21. The average Bonchev–Trinajstić information content (AvgIpc) is 3.19. The van der Waals surface area contributed by atoms with Gasteiger partial charge in [-0.1, -0.05) is 29.4 Å². The summed E-state index contributed by atoms with van der Waals surface area (Å²) in [5.74, 6) is 0.0757. The molecule has 8 heteroatoms. The molecule has 35 heavy (non-hydrogen) atoms. The van der Waals surface area contributed by atoms with Crippen molar-refractivity contribution in [2.75, 3.05) is 5.32 Å². The number of hydrogen-bond donors (Lipinski definition) is 2. The maximum absolute atomic E-state index is 13.1. The summed E-state index contributed by atoms with van der Waals surface area (Å²) in [4.78, 5) is 25.3. The molecule has 0 radical (unpaired) electrons. The Morgan fingerprint density at radius 2 is 1.74 bits per heavy atom. The zero-order chi connectivity index (χ0) is 24.8. The minimum absolute atomic E-state index is 0.237. The number of aryl methyl sites for hydroxylation is 2. The molecule has 0 aliphatic rings. The van der Waals surface area contributed by atoms with E-state index in [1.807, 2.05) is 19.9 Å². The molecule has 4 rings (SSSR count). The average molecular weight is 474 g/mol. The second-order valence-electron chi connectivity index (χ2n) is 7.93. The molecule has 0 bridgehead atoms. The van der Waals surface area contributed by atoms with Crippen molar-refractivity contribution in [2.24, 2.45) is 0 Å². The van der Waals surface area contributed by atoms with E-state index >= 15 is 0 Å². The van der Waals surface area contributed by atoms with Gasteiger partial charge in [0.15, 0.2) is 0 Å². The van der Waals surface area contributed by atoms with Gasteiger partial charge in [-0.2, -0.15) is 0 Å². The fourth-order valence-electron chi connectivity index (χ4n) is 3.48. The van der Waals surface area contributed by atoms with Crippen LogP contribution in [0.25, 0.3) is 0 Å². The van der Waals surface area contributed by atoms with E-state index in [1.54, 1.807) is 42.5 Å². The number of nitrogens with one attached hydrogen (secondary N) is 2. The largest absolute Gasteiger partial charge is 0.488 e. The molecule has 0 aliphatic heterocycles. The molecule has 7 nitrogen and oxygen atoms in total. The highest BCUT2D eigenvalue weighted by molar-refractivity contribution is 6.04. The van der Waals surface area contributed by atoms with E-state index in [-0.39, 0.29) is 25.0 Å². The number of benzene rings is 3. The Hall–Kier alpha value is -4.46. The quantitative estimate of drug-likeness (QED) is 0.367. The maximum atomic E-state index is 13.1. The number of carbonyl (C=O) groups excluding carboxylic acids is 2. The van der Waals surface area contributed by atoms with Gasteiger partial charge in [0.25, 0.3) is 11.8 Å². The predicted octanol–water partition coefficient (Wildman–Crippen LogP) is 5.19. The van der Waals surface area contributed by atoms with Gasteiger partial charge in [0.2, 0.25) is 0 Å². The van der Waals surface area contributed by atoms with Crippen LogP contribution in [0.3, 0.4) is 0 Å². The number of nitrogens with zero attached hydrogens (tertiary/aromatic N) is 1. The second kappa shape index (κ2) is 10.6. The Bertz CT molecular complexity index is 1330. The second-order valence-corrected chi connectivity index (χ2v) is 7.93. The SMILES string of the molecule is Cc1noc(C)c1COc1ccccc1C(=O)NCc1cccc(NC(=O)c2ccc(F)cc2)c1. The van der Waals surface area contributed by atoms with E-state index in [2.05, 4.69) is 15.8 Å². The molecule has 1 aromatic heterocycles. The minimum Gasteiger partial charge on any atom is -0.488 e. The Balaban J connectivity index is 1.38. The molecule has 3 aromatic carbocycles. The van der Waals surface area contributed by atoms with E-state index in [1.165, 1.54) is 24.3 Å². The predicted molar refractivity (Wildman–Crippen MR) is 129 cm³/mol. The van der Waals surface area contributed by atoms with Crippen LogP contribution < -0.4 is 15.4 Å². The molecule has 2 amide bonds. The van der Waals surface area contributed by atoms with E-state index in [9.17, 15) is 14.0 Å². The smallest absolute Gasteiger partial charge is 0.255 e. The highest BCUT2D eigenvalue weighted by atomic mass is 19.1. The molecule has 1 heterocycles. The Morgan fingerprint density at radius 3 is 2.49 bits per heavy atom. The van der Waals surface area contributed by atoms with Gasteiger partial charge < -0.3 is 19.9 Å². The van der Waals surface area contributed by atoms with Crippen LogP contribution in [0.5, 0.6) is 5.75 Å². The third-order valence-electron chi connectivity index (χ3n) is 5.43. The van der Waals surface area contributed by atoms with Gasteiger partial charge in [0.1, 0.15) is 23.9 Å². The molecule has 0 fully saturated rings. The van der Waals surface area contributed by atoms with Crippen LogP contribution in [0.2, 0.25) is 0 Å². The summed E-state index contributed by atoms with van der Waals surface area (Å²) in [7, 11) is 0. The van der Waals surface area contributed by atoms with Gasteiger partial charge in [-0.15, -0.1) is 0 Å². The molecule has 0 atom stereocenters. The lowest BCUT2D eigenvalue weighted by Crippen LogP contribution is -2.23. The molecule has 4 aromatic rings. The summed E-state index contributed by atoms with van der Waals surface area (Å²) in [6.45, 7) is 4.13. The van der Waals surface area contributed by atoms with Crippen LogP contribution in [0.15, 0.2) is 77.3 Å². The molecule has 0 saturated heterocycles. The lowest BCUT2D eigenvalue weighted by atomic mass is 10.1.